The molecular formula is C16H14N2O. The molecule has 19 heavy (non-hydrogen) atoms. The molecule has 0 saturated heterocycles. The molecule has 0 saturated carbocycles. The van der Waals surface area contributed by atoms with Crippen LogP contribution in [-0.4, -0.2) is 5.91 Å². The van der Waals surface area contributed by atoms with Gasteiger partial charge in [0.2, 0.25) is 5.91 Å². The van der Waals surface area contributed by atoms with Crippen LogP contribution in [0.4, 0.5) is 5.69 Å². The van der Waals surface area contributed by atoms with Crippen LogP contribution in [-0.2, 0) is 11.2 Å². The molecule has 1 N–H and O–H groups in total. The Labute approximate surface area is 112 Å². The Balaban J connectivity index is 2.06. The number of anilines is 1. The average molecular weight is 250 g/mol. The fourth-order valence-electron chi connectivity index (χ4n) is 1.85. The van der Waals surface area contributed by atoms with Gasteiger partial charge in [0.25, 0.3) is 0 Å². The number of nitrogens with zero attached hydrogens (tertiary/aromatic N) is 1. The number of nitriles is 1. The average Bonchev–Trinajstić information content (AvgIpc) is 2.41. The molecule has 0 atom stereocenters. The summed E-state index contributed by atoms with van der Waals surface area (Å²) in [5.74, 6) is -0.0793. The van der Waals surface area contributed by atoms with E-state index < -0.39 is 0 Å². The summed E-state index contributed by atoms with van der Waals surface area (Å²) in [6.07, 6.45) is 0.337. The van der Waals surface area contributed by atoms with E-state index in [-0.39, 0.29) is 5.91 Å². The predicted octanol–water partition coefficient (Wildman–Crippen LogP) is 3.05. The summed E-state index contributed by atoms with van der Waals surface area (Å²) in [5, 5.41) is 11.6. The number of nitrogens with one attached hydrogen (secondary N) is 1. The van der Waals surface area contributed by atoms with Crippen molar-refractivity contribution in [3.8, 4) is 6.07 Å². The number of aryl methyl sites for hydroxylation is 1. The van der Waals surface area contributed by atoms with Crippen molar-refractivity contribution >= 4 is 11.6 Å². The fraction of sp³-hybridized carbons (Fsp3) is 0.125. The maximum absolute atomic E-state index is 11.9. The maximum atomic E-state index is 11.9. The van der Waals surface area contributed by atoms with Crippen LogP contribution in [0.1, 0.15) is 16.7 Å². The van der Waals surface area contributed by atoms with Gasteiger partial charge < -0.3 is 5.32 Å². The van der Waals surface area contributed by atoms with Gasteiger partial charge in [0, 0.05) is 5.69 Å². The summed E-state index contributed by atoms with van der Waals surface area (Å²) >= 11 is 0. The number of hydrogen-bond donors (Lipinski definition) is 1. The lowest BCUT2D eigenvalue weighted by atomic mass is 10.1. The minimum atomic E-state index is -0.0793. The highest BCUT2D eigenvalue weighted by molar-refractivity contribution is 5.92. The van der Waals surface area contributed by atoms with Gasteiger partial charge in [-0.05, 0) is 36.2 Å². The Morgan fingerprint density at radius 3 is 2.74 bits per heavy atom. The molecule has 3 heteroatoms. The van der Waals surface area contributed by atoms with Gasteiger partial charge in [-0.3, -0.25) is 4.79 Å². The highest BCUT2D eigenvalue weighted by atomic mass is 16.1. The second kappa shape index (κ2) is 5.83. The van der Waals surface area contributed by atoms with Crippen LogP contribution >= 0.6 is 0 Å². The maximum Gasteiger partial charge on any atom is 0.228 e. The zero-order valence-electron chi connectivity index (χ0n) is 10.7. The van der Waals surface area contributed by atoms with E-state index in [0.717, 1.165) is 11.1 Å². The number of carbonyl (C=O) groups is 1. The number of amides is 1. The first kappa shape index (κ1) is 12.8. The van der Waals surface area contributed by atoms with Crippen LogP contribution < -0.4 is 5.32 Å². The fourth-order valence-corrected chi connectivity index (χ4v) is 1.85. The van der Waals surface area contributed by atoms with E-state index in [2.05, 4.69) is 5.32 Å². The van der Waals surface area contributed by atoms with Crippen molar-refractivity contribution in [3.05, 3.63) is 65.2 Å². The number of benzene rings is 2. The third-order valence-electron chi connectivity index (χ3n) is 2.89. The van der Waals surface area contributed by atoms with Crippen LogP contribution in [0.2, 0.25) is 0 Å². The van der Waals surface area contributed by atoms with Gasteiger partial charge >= 0.3 is 0 Å². The molecule has 0 aliphatic rings. The second-order valence-electron chi connectivity index (χ2n) is 4.34. The molecule has 2 aromatic carbocycles. The third-order valence-corrected chi connectivity index (χ3v) is 2.89. The summed E-state index contributed by atoms with van der Waals surface area (Å²) in [6.45, 7) is 1.99. The van der Waals surface area contributed by atoms with Gasteiger partial charge in [0.05, 0.1) is 18.1 Å². The van der Waals surface area contributed by atoms with E-state index in [9.17, 15) is 4.79 Å². The van der Waals surface area contributed by atoms with E-state index in [4.69, 9.17) is 5.26 Å². The molecule has 0 aliphatic heterocycles. The lowest BCUT2D eigenvalue weighted by Gasteiger charge is -2.07. The van der Waals surface area contributed by atoms with Crippen molar-refractivity contribution in [3.63, 3.8) is 0 Å². The molecule has 94 valence electrons. The van der Waals surface area contributed by atoms with Crippen LogP contribution in [0.15, 0.2) is 48.5 Å². The minimum absolute atomic E-state index is 0.0793. The van der Waals surface area contributed by atoms with Gasteiger partial charge in [-0.15, -0.1) is 0 Å². The van der Waals surface area contributed by atoms with Gasteiger partial charge in [0.15, 0.2) is 0 Å². The lowest BCUT2D eigenvalue weighted by molar-refractivity contribution is -0.115. The third kappa shape index (κ3) is 3.43. The Morgan fingerprint density at radius 1 is 1.21 bits per heavy atom. The van der Waals surface area contributed by atoms with Gasteiger partial charge in [-0.25, -0.2) is 0 Å². The molecule has 0 bridgehead atoms. The Bertz CT molecular complexity index is 641. The summed E-state index contributed by atoms with van der Waals surface area (Å²) in [4.78, 5) is 11.9. The Hall–Kier alpha value is -2.60. The first-order valence-electron chi connectivity index (χ1n) is 6.03. The topological polar surface area (TPSA) is 52.9 Å². The molecule has 2 aromatic rings. The van der Waals surface area contributed by atoms with Crippen molar-refractivity contribution in [1.82, 2.24) is 0 Å². The van der Waals surface area contributed by atoms with E-state index in [1.807, 2.05) is 37.3 Å². The molecule has 3 nitrogen and oxygen atoms in total. The van der Waals surface area contributed by atoms with Crippen molar-refractivity contribution < 1.29 is 4.79 Å². The molecular weight excluding hydrogens is 236 g/mol. The molecule has 0 spiro atoms. The van der Waals surface area contributed by atoms with Gasteiger partial charge in [0.1, 0.15) is 0 Å². The summed E-state index contributed by atoms with van der Waals surface area (Å²) < 4.78 is 0. The first-order valence-corrected chi connectivity index (χ1v) is 6.03. The highest BCUT2D eigenvalue weighted by Crippen LogP contribution is 2.12. The predicted molar refractivity (Wildman–Crippen MR) is 74.7 cm³/mol. The van der Waals surface area contributed by atoms with Crippen molar-refractivity contribution in [2.45, 2.75) is 13.3 Å². The quantitative estimate of drug-likeness (QED) is 0.910. The zero-order chi connectivity index (χ0) is 13.7. The molecule has 0 fully saturated rings. The monoisotopic (exact) mass is 250 g/mol. The number of carbonyl (C=O) groups excluding carboxylic acids is 1. The largest absolute Gasteiger partial charge is 0.326 e. The molecule has 2 rings (SSSR count). The standard InChI is InChI=1S/C16H14N2O/c1-12-5-2-3-7-14(12)10-16(19)18-15-8-4-6-13(9-15)11-17/h2-9H,10H2,1H3,(H,18,19). The first-order chi connectivity index (χ1) is 9.19. The Morgan fingerprint density at radius 2 is 2.00 bits per heavy atom. The van der Waals surface area contributed by atoms with E-state index in [1.165, 1.54) is 0 Å². The van der Waals surface area contributed by atoms with Gasteiger partial charge in [-0.2, -0.15) is 5.26 Å². The smallest absolute Gasteiger partial charge is 0.228 e. The van der Waals surface area contributed by atoms with Crippen LogP contribution in [0, 0.1) is 18.3 Å². The molecule has 0 unspecified atom stereocenters. The summed E-state index contributed by atoms with van der Waals surface area (Å²) in [6, 6.07) is 16.7. The van der Waals surface area contributed by atoms with Crippen LogP contribution in [0.25, 0.3) is 0 Å². The van der Waals surface area contributed by atoms with Crippen LogP contribution in [0.5, 0.6) is 0 Å². The lowest BCUT2D eigenvalue weighted by Crippen LogP contribution is -2.15. The molecule has 0 heterocycles. The summed E-state index contributed by atoms with van der Waals surface area (Å²) in [7, 11) is 0. The van der Waals surface area contributed by atoms with Crippen LogP contribution in [0.3, 0.4) is 0 Å². The molecule has 0 aromatic heterocycles. The van der Waals surface area contributed by atoms with Crippen molar-refractivity contribution in [2.75, 3.05) is 5.32 Å². The zero-order valence-corrected chi connectivity index (χ0v) is 10.7. The minimum Gasteiger partial charge on any atom is -0.326 e. The Kier molecular flexibility index (Phi) is 3.94. The SMILES string of the molecule is Cc1ccccc1CC(=O)Nc1cccc(C#N)c1. The number of rotatable bonds is 3. The van der Waals surface area contributed by atoms with Crippen molar-refractivity contribution in [1.29, 1.82) is 5.26 Å². The van der Waals surface area contributed by atoms with E-state index in [1.54, 1.807) is 24.3 Å². The molecule has 0 aliphatic carbocycles. The number of hydrogen-bond acceptors (Lipinski definition) is 2. The normalized spacial score (nSPS) is 9.68. The molecule has 0 radical (unpaired) electrons. The van der Waals surface area contributed by atoms with Crippen molar-refractivity contribution in [2.24, 2.45) is 0 Å². The van der Waals surface area contributed by atoms with E-state index >= 15 is 0 Å². The summed E-state index contributed by atoms with van der Waals surface area (Å²) in [5.41, 5.74) is 3.30. The van der Waals surface area contributed by atoms with Gasteiger partial charge in [-0.1, -0.05) is 30.3 Å². The van der Waals surface area contributed by atoms with E-state index in [0.29, 0.717) is 17.7 Å². The second-order valence-corrected chi connectivity index (χ2v) is 4.34. The highest BCUT2D eigenvalue weighted by Gasteiger charge is 2.06. The molecule has 1 amide bonds.